The van der Waals surface area contributed by atoms with E-state index < -0.39 is 5.63 Å². The van der Waals surface area contributed by atoms with Gasteiger partial charge in [-0.15, -0.1) is 0 Å². The molecular formula is C5H4ClFN2O2. The van der Waals surface area contributed by atoms with Crippen LogP contribution >= 0.6 is 11.6 Å². The van der Waals surface area contributed by atoms with E-state index in [-0.39, 0.29) is 17.9 Å². The van der Waals surface area contributed by atoms with E-state index >= 15 is 0 Å². The van der Waals surface area contributed by atoms with Crippen LogP contribution in [0.5, 0.6) is 5.75 Å². The van der Waals surface area contributed by atoms with Crippen LogP contribution in [0.3, 0.4) is 0 Å². The van der Waals surface area contributed by atoms with Gasteiger partial charge in [0.25, 0.3) is 6.47 Å². The molecule has 0 aromatic carbocycles. The minimum atomic E-state index is -1.74. The summed E-state index contributed by atoms with van der Waals surface area (Å²) in [6.07, 6.45) is 1.17. The van der Waals surface area contributed by atoms with Gasteiger partial charge in [0.2, 0.25) is 5.63 Å². The maximum Gasteiger partial charge on any atom is 0.298 e. The number of rotatable bonds is 3. The second kappa shape index (κ2) is 3.34. The first kappa shape index (κ1) is 8.00. The van der Waals surface area contributed by atoms with Gasteiger partial charge >= 0.3 is 0 Å². The maximum absolute atomic E-state index is 12.3. The lowest BCUT2D eigenvalue weighted by Crippen LogP contribution is -1.92. The molecule has 0 fully saturated rings. The number of alkyl halides is 2. The van der Waals surface area contributed by atoms with Crippen molar-refractivity contribution in [1.29, 1.82) is 0 Å². The molecule has 0 radical (unpaired) electrons. The van der Waals surface area contributed by atoms with Crippen molar-refractivity contribution in [2.75, 3.05) is 0 Å². The molecular weight excluding hydrogens is 175 g/mol. The van der Waals surface area contributed by atoms with Gasteiger partial charge in [-0.25, -0.2) is 4.39 Å². The predicted octanol–water partition coefficient (Wildman–Crippen LogP) is 1.15. The molecule has 1 rings (SSSR count). The fraction of sp³-hybridized carbons (Fsp3) is 0.200. The van der Waals surface area contributed by atoms with Crippen LogP contribution in [0.4, 0.5) is 4.39 Å². The number of nitrogens with one attached hydrogen (secondary N) is 1. The number of ether oxygens (including phenoxy) is 1. The first-order chi connectivity index (χ1) is 5.25. The van der Waals surface area contributed by atoms with Gasteiger partial charge in [0.05, 0.1) is 6.20 Å². The molecule has 0 aliphatic carbocycles. The van der Waals surface area contributed by atoms with Gasteiger partial charge in [-0.05, 0) is 0 Å². The van der Waals surface area contributed by atoms with Gasteiger partial charge in [0, 0.05) is 0 Å². The molecule has 0 saturated heterocycles. The van der Waals surface area contributed by atoms with Crippen LogP contribution in [0, 0.1) is 0 Å². The molecule has 60 valence electrons. The van der Waals surface area contributed by atoms with E-state index in [1.54, 1.807) is 0 Å². The Kier molecular flexibility index (Phi) is 2.43. The lowest BCUT2D eigenvalue weighted by molar-refractivity contribution is -0.120. The highest BCUT2D eigenvalue weighted by Gasteiger charge is 2.14. The summed E-state index contributed by atoms with van der Waals surface area (Å²) in [6, 6.07) is 0. The largest absolute Gasteiger partial charge is 0.425 e. The molecule has 6 heteroatoms. The Bertz CT molecular complexity index is 250. The van der Waals surface area contributed by atoms with Gasteiger partial charge in [-0.2, -0.15) is 5.10 Å². The van der Waals surface area contributed by atoms with Crippen molar-refractivity contribution in [3.63, 3.8) is 0 Å². The van der Waals surface area contributed by atoms with E-state index in [0.717, 1.165) is 0 Å². The summed E-state index contributed by atoms with van der Waals surface area (Å²) in [6.45, 7) is 0.174. The second-order valence-electron chi connectivity index (χ2n) is 1.66. The zero-order valence-electron chi connectivity index (χ0n) is 5.25. The Labute approximate surface area is 66.3 Å². The summed E-state index contributed by atoms with van der Waals surface area (Å²) in [4.78, 5) is 9.82. The van der Waals surface area contributed by atoms with Crippen molar-refractivity contribution in [2.24, 2.45) is 0 Å². The zero-order chi connectivity index (χ0) is 8.27. The summed E-state index contributed by atoms with van der Waals surface area (Å²) in [7, 11) is 0. The highest BCUT2D eigenvalue weighted by Crippen LogP contribution is 2.27. The summed E-state index contributed by atoms with van der Waals surface area (Å²) >= 11 is 5.05. The lowest BCUT2D eigenvalue weighted by Gasteiger charge is -1.97. The topological polar surface area (TPSA) is 55.0 Å². The Morgan fingerprint density at radius 2 is 2.64 bits per heavy atom. The lowest BCUT2D eigenvalue weighted by atomic mass is 10.4. The number of aromatic amines is 1. The van der Waals surface area contributed by atoms with Gasteiger partial charge in [0.15, 0.2) is 5.75 Å². The Balaban J connectivity index is 2.86. The Hall–Kier alpha value is -1.10. The van der Waals surface area contributed by atoms with Gasteiger partial charge in [-0.3, -0.25) is 9.89 Å². The highest BCUT2D eigenvalue weighted by molar-refractivity contribution is 6.19. The van der Waals surface area contributed by atoms with E-state index in [9.17, 15) is 9.18 Å². The number of nitrogens with zero attached hydrogens (tertiary/aromatic N) is 1. The normalized spacial score (nSPS) is 12.5. The smallest absolute Gasteiger partial charge is 0.298 e. The SMILES string of the molecule is O=COc1cn[nH]c1C(F)Cl. The third kappa shape index (κ3) is 1.68. The minimum Gasteiger partial charge on any atom is -0.425 e. The van der Waals surface area contributed by atoms with Crippen molar-refractivity contribution in [2.45, 2.75) is 5.63 Å². The molecule has 0 aliphatic rings. The summed E-state index contributed by atoms with van der Waals surface area (Å²) in [5, 5.41) is 5.68. The summed E-state index contributed by atoms with van der Waals surface area (Å²) in [5.74, 6) is 0.00231. The molecule has 1 aromatic heterocycles. The molecule has 1 atom stereocenters. The molecule has 0 spiro atoms. The first-order valence-corrected chi connectivity index (χ1v) is 3.11. The molecule has 0 bridgehead atoms. The van der Waals surface area contributed by atoms with Gasteiger partial charge < -0.3 is 4.74 Å². The van der Waals surface area contributed by atoms with Crippen molar-refractivity contribution in [3.05, 3.63) is 11.9 Å². The van der Waals surface area contributed by atoms with E-state index in [4.69, 9.17) is 11.6 Å². The van der Waals surface area contributed by atoms with Crippen molar-refractivity contribution in [3.8, 4) is 5.75 Å². The van der Waals surface area contributed by atoms with Crippen molar-refractivity contribution >= 4 is 18.1 Å². The molecule has 1 unspecified atom stereocenters. The van der Waals surface area contributed by atoms with Gasteiger partial charge in [-0.1, -0.05) is 11.6 Å². The number of carbonyl (C=O) groups is 1. The van der Waals surface area contributed by atoms with Crippen molar-refractivity contribution < 1.29 is 13.9 Å². The molecule has 0 amide bonds. The third-order valence-electron chi connectivity index (χ3n) is 1.03. The standard InChI is InChI=1S/C5H4ClFN2O2/c6-5(7)4-3(11-2-10)1-8-9-4/h1-2,5H,(H,8,9). The molecule has 1 N–H and O–H groups in total. The Morgan fingerprint density at radius 1 is 1.91 bits per heavy atom. The molecule has 1 heterocycles. The fourth-order valence-corrected chi connectivity index (χ4v) is 0.743. The minimum absolute atomic E-state index is 0.00231. The quantitative estimate of drug-likeness (QED) is 0.558. The summed E-state index contributed by atoms with van der Waals surface area (Å²) < 4.78 is 16.7. The fourth-order valence-electron chi connectivity index (χ4n) is 0.587. The number of hydrogen-bond donors (Lipinski definition) is 1. The number of hydrogen-bond acceptors (Lipinski definition) is 3. The molecule has 4 nitrogen and oxygen atoms in total. The van der Waals surface area contributed by atoms with Crippen LogP contribution in [0.25, 0.3) is 0 Å². The predicted molar refractivity (Wildman–Crippen MR) is 35.0 cm³/mol. The number of halogens is 2. The first-order valence-electron chi connectivity index (χ1n) is 2.67. The molecule has 1 aromatic rings. The van der Waals surface area contributed by atoms with Crippen LogP contribution in [0.1, 0.15) is 11.3 Å². The monoisotopic (exact) mass is 178 g/mol. The van der Waals surface area contributed by atoms with E-state index in [1.807, 2.05) is 0 Å². The maximum atomic E-state index is 12.3. The van der Waals surface area contributed by atoms with Crippen LogP contribution in [-0.4, -0.2) is 16.7 Å². The van der Waals surface area contributed by atoms with Crippen LogP contribution in [0.2, 0.25) is 0 Å². The highest BCUT2D eigenvalue weighted by atomic mass is 35.5. The van der Waals surface area contributed by atoms with Crippen LogP contribution in [0.15, 0.2) is 6.20 Å². The van der Waals surface area contributed by atoms with Crippen LogP contribution < -0.4 is 4.74 Å². The number of carbonyl (C=O) groups excluding carboxylic acids is 1. The average Bonchev–Trinajstić information content (AvgIpc) is 2.36. The molecule has 0 aliphatic heterocycles. The van der Waals surface area contributed by atoms with E-state index in [2.05, 4.69) is 14.9 Å². The zero-order valence-corrected chi connectivity index (χ0v) is 6.01. The van der Waals surface area contributed by atoms with Gasteiger partial charge in [0.1, 0.15) is 5.69 Å². The van der Waals surface area contributed by atoms with E-state index in [0.29, 0.717) is 0 Å². The molecule has 11 heavy (non-hydrogen) atoms. The number of aromatic nitrogens is 2. The third-order valence-corrected chi connectivity index (χ3v) is 1.24. The van der Waals surface area contributed by atoms with Crippen LogP contribution in [-0.2, 0) is 4.79 Å². The Morgan fingerprint density at radius 3 is 3.18 bits per heavy atom. The molecule has 0 saturated carbocycles. The second-order valence-corrected chi connectivity index (χ2v) is 2.05. The van der Waals surface area contributed by atoms with Crippen molar-refractivity contribution in [1.82, 2.24) is 10.2 Å². The average molecular weight is 179 g/mol. The summed E-state index contributed by atoms with van der Waals surface area (Å²) in [5.41, 5.74) is -1.80. The van der Waals surface area contributed by atoms with E-state index in [1.165, 1.54) is 6.20 Å². The number of H-pyrrole nitrogens is 1.